The van der Waals surface area contributed by atoms with E-state index in [1.54, 1.807) is 13.8 Å². The Kier molecular flexibility index (Phi) is 10.4. The molecule has 4 unspecified atom stereocenters. The summed E-state index contributed by atoms with van der Waals surface area (Å²) in [7, 11) is 0. The van der Waals surface area contributed by atoms with E-state index in [9.17, 15) is 28.8 Å². The van der Waals surface area contributed by atoms with Gasteiger partial charge in [-0.1, -0.05) is 20.8 Å². The molecule has 0 aromatic heterocycles. The molecule has 34 heavy (non-hydrogen) atoms. The molecule has 4 atom stereocenters. The molecule has 1 rings (SSSR count). The minimum Gasteiger partial charge on any atom is -0.465 e. The lowest BCUT2D eigenvalue weighted by molar-refractivity contribution is -0.157. The molecule has 0 spiro atoms. The van der Waals surface area contributed by atoms with E-state index in [0.717, 1.165) is 6.92 Å². The van der Waals surface area contributed by atoms with Gasteiger partial charge in [-0.05, 0) is 57.8 Å². The normalized spacial score (nSPS) is 23.1. The highest BCUT2D eigenvalue weighted by Crippen LogP contribution is 2.45. The summed E-state index contributed by atoms with van der Waals surface area (Å²) in [5.74, 6) is -7.48. The molecule has 10 heteroatoms. The summed E-state index contributed by atoms with van der Waals surface area (Å²) in [4.78, 5) is 73.3. The Morgan fingerprint density at radius 2 is 1.29 bits per heavy atom. The number of ether oxygens (including phenoxy) is 2. The van der Waals surface area contributed by atoms with Gasteiger partial charge in [0.1, 0.15) is 0 Å². The molecule has 0 heterocycles. The minimum absolute atomic E-state index is 0.0518. The molecule has 1 aliphatic rings. The Morgan fingerprint density at radius 3 is 1.74 bits per heavy atom. The predicted molar refractivity (Wildman–Crippen MR) is 122 cm³/mol. The Morgan fingerprint density at radius 1 is 0.824 bits per heavy atom. The molecule has 10 nitrogen and oxygen atoms in total. The van der Waals surface area contributed by atoms with Crippen molar-refractivity contribution in [2.45, 2.75) is 73.8 Å². The van der Waals surface area contributed by atoms with E-state index in [2.05, 4.69) is 10.6 Å². The van der Waals surface area contributed by atoms with Gasteiger partial charge < -0.3 is 20.1 Å². The van der Waals surface area contributed by atoms with Crippen molar-refractivity contribution in [2.75, 3.05) is 19.8 Å². The minimum atomic E-state index is -1.53. The molecule has 0 bridgehead atoms. The molecule has 0 radical (unpaired) electrons. The first-order valence-electron chi connectivity index (χ1n) is 11.6. The lowest BCUT2D eigenvalue weighted by atomic mass is 9.62. The summed E-state index contributed by atoms with van der Waals surface area (Å²) in [5.41, 5.74) is -0.715. The second-order valence-corrected chi connectivity index (χ2v) is 10.1. The first kappa shape index (κ1) is 29.3. The number of hydrogen-bond acceptors (Lipinski definition) is 8. The van der Waals surface area contributed by atoms with Gasteiger partial charge in [0.2, 0.25) is 11.8 Å². The number of amides is 2. The molecule has 1 fully saturated rings. The van der Waals surface area contributed by atoms with Crippen molar-refractivity contribution >= 4 is 35.3 Å². The van der Waals surface area contributed by atoms with Crippen LogP contribution in [0.4, 0.5) is 0 Å². The number of nitrogens with one attached hydrogen (secondary N) is 2. The average Bonchev–Trinajstić information content (AvgIpc) is 2.64. The van der Waals surface area contributed by atoms with Crippen molar-refractivity contribution in [3.05, 3.63) is 0 Å². The smallest absolute Gasteiger partial charge is 0.326 e. The topological polar surface area (TPSA) is 145 Å². The van der Waals surface area contributed by atoms with Crippen LogP contribution in [-0.2, 0) is 38.2 Å². The van der Waals surface area contributed by atoms with Crippen LogP contribution in [0.2, 0.25) is 0 Å². The third-order valence-corrected chi connectivity index (χ3v) is 5.86. The molecular weight excluding hydrogens is 444 g/mol. The number of rotatable bonds is 11. The van der Waals surface area contributed by atoms with Gasteiger partial charge in [-0.3, -0.25) is 28.8 Å². The van der Waals surface area contributed by atoms with Crippen molar-refractivity contribution in [1.82, 2.24) is 10.6 Å². The van der Waals surface area contributed by atoms with Gasteiger partial charge >= 0.3 is 11.9 Å². The van der Waals surface area contributed by atoms with Crippen LogP contribution in [0, 0.1) is 22.7 Å². The van der Waals surface area contributed by atoms with Gasteiger partial charge in [0.15, 0.2) is 23.4 Å². The summed E-state index contributed by atoms with van der Waals surface area (Å²) < 4.78 is 9.71. The molecule has 1 saturated carbocycles. The third kappa shape index (κ3) is 8.22. The molecule has 0 saturated heterocycles. The predicted octanol–water partition coefficient (Wildman–Crippen LogP) is 1.34. The summed E-state index contributed by atoms with van der Waals surface area (Å²) >= 11 is 0. The van der Waals surface area contributed by atoms with E-state index in [1.165, 1.54) is 6.92 Å². The van der Waals surface area contributed by atoms with Crippen molar-refractivity contribution in [3.63, 3.8) is 0 Å². The zero-order chi connectivity index (χ0) is 26.3. The Balaban J connectivity index is 2.96. The average molecular weight is 483 g/mol. The maximum Gasteiger partial charge on any atom is 0.326 e. The Hall–Kier alpha value is -2.78. The van der Waals surface area contributed by atoms with Crippen LogP contribution in [0.5, 0.6) is 0 Å². The van der Waals surface area contributed by atoms with Crippen LogP contribution in [0.3, 0.4) is 0 Å². The molecule has 0 aliphatic heterocycles. The van der Waals surface area contributed by atoms with Crippen LogP contribution in [0.25, 0.3) is 0 Å². The monoisotopic (exact) mass is 482 g/mol. The molecule has 0 aromatic carbocycles. The fourth-order valence-corrected chi connectivity index (χ4v) is 4.92. The van der Waals surface area contributed by atoms with Crippen LogP contribution in [0.1, 0.15) is 67.7 Å². The maximum atomic E-state index is 12.8. The second kappa shape index (κ2) is 12.1. The fraction of sp³-hybridized carbons (Fsp3) is 0.750. The van der Waals surface area contributed by atoms with Gasteiger partial charge in [-0.25, -0.2) is 0 Å². The zero-order valence-corrected chi connectivity index (χ0v) is 21.2. The standard InChI is InChI=1S/C24H38N2O8/c1-8-33-21(31)17(14(3)27)19(29)25-13-24(7)11-16(10-23(5,6)12-24)26-20(30)18(15(4)28)22(32)34-9-2/h16-18H,8-13H2,1-7H3,(H,25,29)(H,26,30). The van der Waals surface area contributed by atoms with E-state index in [0.29, 0.717) is 19.3 Å². The number of hydrogen-bond donors (Lipinski definition) is 2. The van der Waals surface area contributed by atoms with Gasteiger partial charge in [-0.15, -0.1) is 0 Å². The molecule has 2 amide bonds. The van der Waals surface area contributed by atoms with Gasteiger partial charge in [0, 0.05) is 12.6 Å². The van der Waals surface area contributed by atoms with Crippen molar-refractivity contribution < 1.29 is 38.2 Å². The lowest BCUT2D eigenvalue weighted by Crippen LogP contribution is -2.53. The summed E-state index contributed by atoms with van der Waals surface area (Å²) in [5, 5.41) is 5.51. The first-order valence-corrected chi connectivity index (χ1v) is 11.6. The van der Waals surface area contributed by atoms with Gasteiger partial charge in [0.25, 0.3) is 0 Å². The Labute approximate surface area is 200 Å². The molecule has 192 valence electrons. The highest BCUT2D eigenvalue weighted by Gasteiger charge is 2.44. The van der Waals surface area contributed by atoms with Gasteiger partial charge in [0.05, 0.1) is 13.2 Å². The summed E-state index contributed by atoms with van der Waals surface area (Å²) in [6.45, 7) is 11.8. The number of esters is 2. The second-order valence-electron chi connectivity index (χ2n) is 10.1. The molecule has 2 N–H and O–H groups in total. The number of carbonyl (C=O) groups excluding carboxylic acids is 6. The summed E-state index contributed by atoms with van der Waals surface area (Å²) in [6, 6.07) is -0.358. The van der Waals surface area contributed by atoms with E-state index in [4.69, 9.17) is 9.47 Å². The van der Waals surface area contributed by atoms with Crippen molar-refractivity contribution in [3.8, 4) is 0 Å². The summed E-state index contributed by atoms with van der Waals surface area (Å²) in [6.07, 6.45) is 1.76. The van der Waals surface area contributed by atoms with E-state index in [-0.39, 0.29) is 31.2 Å². The van der Waals surface area contributed by atoms with E-state index in [1.807, 2.05) is 20.8 Å². The van der Waals surface area contributed by atoms with Crippen LogP contribution < -0.4 is 10.6 Å². The van der Waals surface area contributed by atoms with Crippen LogP contribution in [-0.4, -0.2) is 61.1 Å². The van der Waals surface area contributed by atoms with Crippen LogP contribution in [0.15, 0.2) is 0 Å². The maximum absolute atomic E-state index is 12.8. The molecular formula is C24H38N2O8. The highest BCUT2D eigenvalue weighted by atomic mass is 16.5. The van der Waals surface area contributed by atoms with Crippen molar-refractivity contribution in [1.29, 1.82) is 0 Å². The number of carbonyl (C=O) groups is 6. The highest BCUT2D eigenvalue weighted by molar-refractivity contribution is 6.16. The van der Waals surface area contributed by atoms with E-state index >= 15 is 0 Å². The quantitative estimate of drug-likeness (QED) is 0.331. The van der Waals surface area contributed by atoms with Gasteiger partial charge in [-0.2, -0.15) is 0 Å². The molecule has 0 aromatic rings. The van der Waals surface area contributed by atoms with Crippen LogP contribution >= 0.6 is 0 Å². The number of ketones is 2. The van der Waals surface area contributed by atoms with Crippen molar-refractivity contribution in [2.24, 2.45) is 22.7 Å². The Bertz CT molecular complexity index is 822. The third-order valence-electron chi connectivity index (χ3n) is 5.86. The number of Topliss-reactive ketones (excluding diaryl/α,β-unsaturated/α-hetero) is 2. The first-order chi connectivity index (χ1) is 15.7. The van der Waals surface area contributed by atoms with E-state index < -0.39 is 52.6 Å². The zero-order valence-electron chi connectivity index (χ0n) is 21.2. The lowest BCUT2D eigenvalue weighted by Gasteiger charge is -2.47. The molecule has 1 aliphatic carbocycles. The fourth-order valence-electron chi connectivity index (χ4n) is 4.92. The SMILES string of the molecule is CCOC(=O)C(C(C)=O)C(=O)NCC1(C)CC(NC(=O)C(C(C)=O)C(=O)OCC)CC(C)(C)C1. The largest absolute Gasteiger partial charge is 0.465 e.